The number of fused-ring (bicyclic) bond motifs is 3. The van der Waals surface area contributed by atoms with Gasteiger partial charge in [-0.1, -0.05) is 18.2 Å². The molecule has 3 atom stereocenters. The number of benzene rings is 1. The normalized spacial score (nSPS) is 34.4. The summed E-state index contributed by atoms with van der Waals surface area (Å²) >= 11 is 0. The number of para-hydroxylation sites is 1. The summed E-state index contributed by atoms with van der Waals surface area (Å²) < 4.78 is 0. The van der Waals surface area contributed by atoms with E-state index in [4.69, 9.17) is 5.73 Å². The Balaban J connectivity index is 2.10. The number of nitrogens with zero attached hydrogens (tertiary/aromatic N) is 1. The maximum Gasteiger partial charge on any atom is 0.0507 e. The predicted octanol–water partition coefficient (Wildman–Crippen LogP) is 1.71. The Morgan fingerprint density at radius 2 is 2.07 bits per heavy atom. The van der Waals surface area contributed by atoms with Crippen LogP contribution >= 0.6 is 0 Å². The SMILES string of the molecule is CN1c2ccccc2C2CCC(N)C21. The Bertz CT molecular complexity index is 361. The van der Waals surface area contributed by atoms with Gasteiger partial charge in [0.15, 0.2) is 0 Å². The zero-order valence-corrected chi connectivity index (χ0v) is 8.48. The highest BCUT2D eigenvalue weighted by Gasteiger charge is 2.43. The maximum absolute atomic E-state index is 6.15. The summed E-state index contributed by atoms with van der Waals surface area (Å²) in [4.78, 5) is 2.37. The van der Waals surface area contributed by atoms with Crippen molar-refractivity contribution in [2.24, 2.45) is 5.73 Å². The molecule has 1 aliphatic carbocycles. The fraction of sp³-hybridized carbons (Fsp3) is 0.500. The highest BCUT2D eigenvalue weighted by Crippen LogP contribution is 2.47. The molecule has 0 aromatic heterocycles. The summed E-state index contributed by atoms with van der Waals surface area (Å²) in [5, 5.41) is 0. The van der Waals surface area contributed by atoms with Crippen LogP contribution in [0.1, 0.15) is 24.3 Å². The minimum absolute atomic E-state index is 0.359. The average Bonchev–Trinajstić information content (AvgIpc) is 2.70. The number of hydrogen-bond acceptors (Lipinski definition) is 2. The van der Waals surface area contributed by atoms with Gasteiger partial charge >= 0.3 is 0 Å². The summed E-state index contributed by atoms with van der Waals surface area (Å²) in [7, 11) is 2.18. The Labute approximate surface area is 84.7 Å². The first-order chi connectivity index (χ1) is 6.79. The summed E-state index contributed by atoms with van der Waals surface area (Å²) in [6, 6.07) is 9.63. The van der Waals surface area contributed by atoms with Gasteiger partial charge in [0.1, 0.15) is 0 Å². The van der Waals surface area contributed by atoms with E-state index in [1.165, 1.54) is 24.1 Å². The monoisotopic (exact) mass is 188 g/mol. The van der Waals surface area contributed by atoms with Crippen molar-refractivity contribution >= 4 is 5.69 Å². The van der Waals surface area contributed by atoms with E-state index in [-0.39, 0.29) is 0 Å². The zero-order chi connectivity index (χ0) is 9.71. The highest BCUT2D eigenvalue weighted by atomic mass is 15.2. The molecule has 1 saturated carbocycles. The zero-order valence-electron chi connectivity index (χ0n) is 8.48. The fourth-order valence-electron chi connectivity index (χ4n) is 3.19. The van der Waals surface area contributed by atoms with Gasteiger partial charge in [-0.05, 0) is 24.5 Å². The minimum atomic E-state index is 0.359. The Kier molecular flexibility index (Phi) is 1.62. The van der Waals surface area contributed by atoms with E-state index in [0.29, 0.717) is 18.0 Å². The molecule has 0 spiro atoms. The molecule has 1 aliphatic heterocycles. The largest absolute Gasteiger partial charge is 0.369 e. The first kappa shape index (κ1) is 8.30. The third-order valence-corrected chi connectivity index (χ3v) is 3.83. The lowest BCUT2D eigenvalue weighted by molar-refractivity contribution is 0.562. The van der Waals surface area contributed by atoms with Gasteiger partial charge in [0.25, 0.3) is 0 Å². The fourth-order valence-corrected chi connectivity index (χ4v) is 3.19. The van der Waals surface area contributed by atoms with Crippen LogP contribution in [0.3, 0.4) is 0 Å². The lowest BCUT2D eigenvalue weighted by Crippen LogP contribution is -2.41. The molecule has 2 N–H and O–H groups in total. The lowest BCUT2D eigenvalue weighted by atomic mass is 9.97. The Hall–Kier alpha value is -1.02. The molecule has 74 valence electrons. The van der Waals surface area contributed by atoms with Crippen LogP contribution in [-0.4, -0.2) is 19.1 Å². The summed E-state index contributed by atoms with van der Waals surface area (Å²) in [6.45, 7) is 0. The van der Waals surface area contributed by atoms with Crippen LogP contribution in [0.5, 0.6) is 0 Å². The Morgan fingerprint density at radius 1 is 1.29 bits per heavy atom. The van der Waals surface area contributed by atoms with Crippen molar-refractivity contribution in [1.82, 2.24) is 0 Å². The van der Waals surface area contributed by atoms with Gasteiger partial charge in [-0.3, -0.25) is 0 Å². The molecule has 3 unspecified atom stereocenters. The molecular weight excluding hydrogens is 172 g/mol. The molecule has 3 rings (SSSR count). The smallest absolute Gasteiger partial charge is 0.0507 e. The predicted molar refractivity (Wildman–Crippen MR) is 58.6 cm³/mol. The van der Waals surface area contributed by atoms with Crippen LogP contribution < -0.4 is 10.6 Å². The second kappa shape index (κ2) is 2.74. The number of anilines is 1. The van der Waals surface area contributed by atoms with Gasteiger partial charge in [-0.25, -0.2) is 0 Å². The van der Waals surface area contributed by atoms with E-state index in [2.05, 4.69) is 36.2 Å². The van der Waals surface area contributed by atoms with E-state index in [1.54, 1.807) is 0 Å². The van der Waals surface area contributed by atoms with E-state index < -0.39 is 0 Å². The van der Waals surface area contributed by atoms with E-state index in [0.717, 1.165) is 0 Å². The molecular formula is C12H16N2. The van der Waals surface area contributed by atoms with E-state index in [9.17, 15) is 0 Å². The molecule has 1 aromatic carbocycles. The topological polar surface area (TPSA) is 29.3 Å². The molecule has 0 amide bonds. The van der Waals surface area contributed by atoms with Gasteiger partial charge < -0.3 is 10.6 Å². The van der Waals surface area contributed by atoms with Crippen molar-refractivity contribution in [3.8, 4) is 0 Å². The maximum atomic E-state index is 6.15. The molecule has 1 heterocycles. The second-order valence-corrected chi connectivity index (χ2v) is 4.51. The minimum Gasteiger partial charge on any atom is -0.369 e. The van der Waals surface area contributed by atoms with Crippen molar-refractivity contribution in [1.29, 1.82) is 0 Å². The average molecular weight is 188 g/mol. The first-order valence-corrected chi connectivity index (χ1v) is 5.36. The van der Waals surface area contributed by atoms with Gasteiger partial charge in [0.05, 0.1) is 6.04 Å². The number of rotatable bonds is 0. The molecule has 0 radical (unpaired) electrons. The van der Waals surface area contributed by atoms with Gasteiger partial charge in [-0.15, -0.1) is 0 Å². The van der Waals surface area contributed by atoms with E-state index in [1.807, 2.05) is 0 Å². The quantitative estimate of drug-likeness (QED) is 0.671. The Morgan fingerprint density at radius 3 is 2.93 bits per heavy atom. The van der Waals surface area contributed by atoms with Crippen LogP contribution in [-0.2, 0) is 0 Å². The number of hydrogen-bond donors (Lipinski definition) is 1. The molecule has 1 fully saturated rings. The summed E-state index contributed by atoms with van der Waals surface area (Å²) in [5.41, 5.74) is 9.04. The van der Waals surface area contributed by atoms with Gasteiger partial charge in [0.2, 0.25) is 0 Å². The van der Waals surface area contributed by atoms with Crippen LogP contribution in [0, 0.1) is 0 Å². The van der Waals surface area contributed by atoms with Crippen molar-refractivity contribution in [2.45, 2.75) is 30.8 Å². The molecule has 0 saturated heterocycles. The van der Waals surface area contributed by atoms with Gasteiger partial charge in [-0.2, -0.15) is 0 Å². The van der Waals surface area contributed by atoms with Crippen LogP contribution in [0.15, 0.2) is 24.3 Å². The molecule has 2 aliphatic rings. The van der Waals surface area contributed by atoms with E-state index >= 15 is 0 Å². The highest BCUT2D eigenvalue weighted by molar-refractivity contribution is 5.62. The van der Waals surface area contributed by atoms with Crippen LogP contribution in [0.25, 0.3) is 0 Å². The van der Waals surface area contributed by atoms with Crippen molar-refractivity contribution < 1.29 is 0 Å². The molecule has 2 nitrogen and oxygen atoms in total. The summed E-state index contributed by atoms with van der Waals surface area (Å²) in [6.07, 6.45) is 2.43. The second-order valence-electron chi connectivity index (χ2n) is 4.51. The summed E-state index contributed by atoms with van der Waals surface area (Å²) in [5.74, 6) is 0.686. The van der Waals surface area contributed by atoms with Crippen LogP contribution in [0.2, 0.25) is 0 Å². The molecule has 1 aromatic rings. The molecule has 2 heteroatoms. The first-order valence-electron chi connectivity index (χ1n) is 5.36. The van der Waals surface area contributed by atoms with Crippen molar-refractivity contribution in [3.05, 3.63) is 29.8 Å². The lowest BCUT2D eigenvalue weighted by Gasteiger charge is -2.25. The van der Waals surface area contributed by atoms with Crippen LogP contribution in [0.4, 0.5) is 5.69 Å². The molecule has 14 heavy (non-hydrogen) atoms. The third-order valence-electron chi connectivity index (χ3n) is 3.83. The van der Waals surface area contributed by atoms with Gasteiger partial charge in [0, 0.05) is 24.7 Å². The third kappa shape index (κ3) is 0.894. The van der Waals surface area contributed by atoms with Crippen molar-refractivity contribution in [2.75, 3.05) is 11.9 Å². The number of likely N-dealkylation sites (N-methyl/N-ethyl adjacent to an activating group) is 1. The molecule has 0 bridgehead atoms. The van der Waals surface area contributed by atoms with Crippen molar-refractivity contribution in [3.63, 3.8) is 0 Å². The number of nitrogens with two attached hydrogens (primary N) is 1. The standard InChI is InChI=1S/C12H16N2/c1-14-11-5-3-2-4-8(11)9-6-7-10(13)12(9)14/h2-5,9-10,12H,6-7,13H2,1H3.